The van der Waals surface area contributed by atoms with E-state index in [0.29, 0.717) is 19.4 Å². The van der Waals surface area contributed by atoms with E-state index < -0.39 is 17.8 Å². The van der Waals surface area contributed by atoms with E-state index in [9.17, 15) is 22.8 Å². The molecule has 1 aromatic rings. The molecule has 0 saturated carbocycles. The van der Waals surface area contributed by atoms with Crippen LogP contribution in [0.2, 0.25) is 0 Å². The fourth-order valence-corrected chi connectivity index (χ4v) is 2.40. The molecule has 1 saturated heterocycles. The second kappa shape index (κ2) is 7.48. The molecule has 1 aliphatic rings. The molecular weight excluding hydrogens is 311 g/mol. The lowest BCUT2D eigenvalue weighted by molar-refractivity contribution is -0.137. The van der Waals surface area contributed by atoms with Gasteiger partial charge in [0.2, 0.25) is 5.91 Å². The SMILES string of the molecule is O=C(CCCCCc1ccc(C(F)(F)F)cc1)N1CCOC1=O. The van der Waals surface area contributed by atoms with Crippen LogP contribution in [0.1, 0.15) is 36.8 Å². The van der Waals surface area contributed by atoms with Gasteiger partial charge in [-0.3, -0.25) is 4.79 Å². The van der Waals surface area contributed by atoms with Crippen molar-refractivity contribution in [3.63, 3.8) is 0 Å². The minimum atomic E-state index is -4.31. The van der Waals surface area contributed by atoms with Crippen LogP contribution in [0.25, 0.3) is 0 Å². The van der Waals surface area contributed by atoms with Gasteiger partial charge in [0, 0.05) is 6.42 Å². The number of nitrogens with zero attached hydrogens (tertiary/aromatic N) is 1. The monoisotopic (exact) mass is 329 g/mol. The molecule has 0 radical (unpaired) electrons. The fourth-order valence-electron chi connectivity index (χ4n) is 2.40. The summed E-state index contributed by atoms with van der Waals surface area (Å²) < 4.78 is 42.0. The zero-order chi connectivity index (χ0) is 16.9. The van der Waals surface area contributed by atoms with E-state index in [-0.39, 0.29) is 18.9 Å². The highest BCUT2D eigenvalue weighted by atomic mass is 19.4. The van der Waals surface area contributed by atoms with Crippen LogP contribution in [0, 0.1) is 0 Å². The zero-order valence-electron chi connectivity index (χ0n) is 12.6. The number of rotatable bonds is 6. The molecule has 0 unspecified atom stereocenters. The molecule has 1 heterocycles. The second-order valence-electron chi connectivity index (χ2n) is 5.42. The average molecular weight is 329 g/mol. The van der Waals surface area contributed by atoms with Gasteiger partial charge in [-0.2, -0.15) is 13.2 Å². The first-order valence-electron chi connectivity index (χ1n) is 7.51. The lowest BCUT2D eigenvalue weighted by Crippen LogP contribution is -2.31. The maximum atomic E-state index is 12.4. The smallest absolute Gasteiger partial charge is 0.416 e. The molecule has 4 nitrogen and oxygen atoms in total. The number of carbonyl (C=O) groups is 2. The number of amides is 2. The minimum absolute atomic E-state index is 0.234. The Kier molecular flexibility index (Phi) is 5.63. The van der Waals surface area contributed by atoms with Crippen molar-refractivity contribution in [3.05, 3.63) is 35.4 Å². The van der Waals surface area contributed by atoms with Gasteiger partial charge in [-0.1, -0.05) is 18.6 Å². The summed E-state index contributed by atoms with van der Waals surface area (Å²) in [6, 6.07) is 5.12. The maximum Gasteiger partial charge on any atom is 0.416 e. The van der Waals surface area contributed by atoms with Crippen LogP contribution in [0.3, 0.4) is 0 Å². The quantitative estimate of drug-likeness (QED) is 0.746. The number of alkyl halides is 3. The topological polar surface area (TPSA) is 46.6 Å². The van der Waals surface area contributed by atoms with E-state index in [1.807, 2.05) is 0 Å². The molecule has 23 heavy (non-hydrogen) atoms. The first-order chi connectivity index (χ1) is 10.9. The first-order valence-corrected chi connectivity index (χ1v) is 7.51. The first kappa shape index (κ1) is 17.3. The molecule has 0 bridgehead atoms. The van der Waals surface area contributed by atoms with Gasteiger partial charge in [0.15, 0.2) is 0 Å². The zero-order valence-corrected chi connectivity index (χ0v) is 12.6. The van der Waals surface area contributed by atoms with Gasteiger partial charge in [0.05, 0.1) is 12.1 Å². The Morgan fingerprint density at radius 2 is 1.83 bits per heavy atom. The van der Waals surface area contributed by atoms with Crippen molar-refractivity contribution in [3.8, 4) is 0 Å². The van der Waals surface area contributed by atoms with Crippen LogP contribution in [0.5, 0.6) is 0 Å². The van der Waals surface area contributed by atoms with Crippen LogP contribution >= 0.6 is 0 Å². The summed E-state index contributed by atoms with van der Waals surface area (Å²) in [5, 5.41) is 0. The summed E-state index contributed by atoms with van der Waals surface area (Å²) in [5.41, 5.74) is 0.191. The molecule has 0 N–H and O–H groups in total. The summed E-state index contributed by atoms with van der Waals surface area (Å²) in [4.78, 5) is 24.0. The average Bonchev–Trinajstić information content (AvgIpc) is 2.92. The summed E-state index contributed by atoms with van der Waals surface area (Å²) in [6.45, 7) is 0.557. The molecule has 0 spiro atoms. The van der Waals surface area contributed by atoms with Crippen LogP contribution in [-0.4, -0.2) is 30.1 Å². The third kappa shape index (κ3) is 4.97. The summed E-state index contributed by atoms with van der Waals surface area (Å²) in [5.74, 6) is -0.234. The highest BCUT2D eigenvalue weighted by Gasteiger charge is 2.30. The Bertz CT molecular complexity index is 555. The highest BCUT2D eigenvalue weighted by molar-refractivity contribution is 5.92. The molecule has 126 valence electrons. The van der Waals surface area contributed by atoms with E-state index in [1.54, 1.807) is 0 Å². The van der Waals surface area contributed by atoms with Gasteiger partial charge in [0.1, 0.15) is 6.61 Å². The fraction of sp³-hybridized carbons (Fsp3) is 0.500. The van der Waals surface area contributed by atoms with Crippen LogP contribution in [0.15, 0.2) is 24.3 Å². The number of cyclic esters (lactones) is 1. The number of halogens is 3. The van der Waals surface area contributed by atoms with Gasteiger partial charge < -0.3 is 4.74 Å². The number of imide groups is 1. The van der Waals surface area contributed by atoms with Crippen molar-refractivity contribution in [2.75, 3.05) is 13.2 Å². The Balaban J connectivity index is 1.65. The number of carbonyl (C=O) groups excluding carboxylic acids is 2. The van der Waals surface area contributed by atoms with Gasteiger partial charge >= 0.3 is 12.3 Å². The van der Waals surface area contributed by atoms with Gasteiger partial charge in [0.25, 0.3) is 0 Å². The largest absolute Gasteiger partial charge is 0.447 e. The highest BCUT2D eigenvalue weighted by Crippen LogP contribution is 2.29. The molecule has 7 heteroatoms. The van der Waals surface area contributed by atoms with Crippen molar-refractivity contribution >= 4 is 12.0 Å². The Labute approximate surface area is 132 Å². The molecular formula is C16H18F3NO3. The lowest BCUT2D eigenvalue weighted by atomic mass is 10.0. The van der Waals surface area contributed by atoms with Crippen LogP contribution in [0.4, 0.5) is 18.0 Å². The summed E-state index contributed by atoms with van der Waals surface area (Å²) in [6.07, 6.45) is -1.75. The van der Waals surface area contributed by atoms with Crippen LogP contribution in [-0.2, 0) is 22.1 Å². The molecule has 0 aliphatic carbocycles. The van der Waals surface area contributed by atoms with E-state index in [0.717, 1.165) is 35.4 Å². The van der Waals surface area contributed by atoms with E-state index in [2.05, 4.69) is 0 Å². The predicted octanol–water partition coefficient (Wildman–Crippen LogP) is 3.79. The molecule has 0 aromatic heterocycles. The molecule has 2 amide bonds. The van der Waals surface area contributed by atoms with Crippen molar-refractivity contribution in [2.45, 2.75) is 38.3 Å². The number of unbranched alkanes of at least 4 members (excludes halogenated alkanes) is 2. The second-order valence-corrected chi connectivity index (χ2v) is 5.42. The van der Waals surface area contributed by atoms with Crippen LogP contribution < -0.4 is 0 Å². The third-order valence-corrected chi connectivity index (χ3v) is 3.70. The number of benzene rings is 1. The number of hydrogen-bond donors (Lipinski definition) is 0. The summed E-state index contributed by atoms with van der Waals surface area (Å²) >= 11 is 0. The molecule has 1 aliphatic heterocycles. The number of hydrogen-bond acceptors (Lipinski definition) is 3. The Morgan fingerprint density at radius 3 is 2.39 bits per heavy atom. The summed E-state index contributed by atoms with van der Waals surface area (Å²) in [7, 11) is 0. The molecule has 1 fully saturated rings. The minimum Gasteiger partial charge on any atom is -0.447 e. The number of ether oxygens (including phenoxy) is 1. The van der Waals surface area contributed by atoms with Crippen molar-refractivity contribution in [2.24, 2.45) is 0 Å². The lowest BCUT2D eigenvalue weighted by Gasteiger charge is -2.10. The van der Waals surface area contributed by atoms with E-state index in [1.165, 1.54) is 12.1 Å². The van der Waals surface area contributed by atoms with Gasteiger partial charge in [-0.15, -0.1) is 0 Å². The van der Waals surface area contributed by atoms with E-state index in [4.69, 9.17) is 4.74 Å². The predicted molar refractivity (Wildman–Crippen MR) is 76.7 cm³/mol. The Morgan fingerprint density at radius 1 is 1.13 bits per heavy atom. The molecule has 1 aromatic carbocycles. The normalized spacial score (nSPS) is 14.9. The molecule has 2 rings (SSSR count). The Hall–Kier alpha value is -2.05. The standard InChI is InChI=1S/C16H18F3NO3/c17-16(18,19)13-8-6-12(7-9-13)4-2-1-3-5-14(21)20-10-11-23-15(20)22/h6-9H,1-5,10-11H2. The van der Waals surface area contributed by atoms with Crippen molar-refractivity contribution < 1.29 is 27.5 Å². The third-order valence-electron chi connectivity index (χ3n) is 3.70. The molecule has 0 atom stereocenters. The van der Waals surface area contributed by atoms with Gasteiger partial charge in [-0.25, -0.2) is 9.69 Å². The van der Waals surface area contributed by atoms with Crippen molar-refractivity contribution in [1.29, 1.82) is 0 Å². The van der Waals surface area contributed by atoms with Gasteiger partial charge in [-0.05, 0) is 37.0 Å². The maximum absolute atomic E-state index is 12.4. The van der Waals surface area contributed by atoms with Crippen molar-refractivity contribution in [1.82, 2.24) is 4.90 Å². The number of aryl methyl sites for hydroxylation is 1. The van der Waals surface area contributed by atoms with E-state index >= 15 is 0 Å².